The van der Waals surface area contributed by atoms with Crippen LogP contribution in [-0.4, -0.2) is 9.97 Å². The average Bonchev–Trinajstić information content (AvgIpc) is 2.91. The molecule has 0 unspecified atom stereocenters. The van der Waals surface area contributed by atoms with Gasteiger partial charge in [-0.05, 0) is 18.8 Å². The highest BCUT2D eigenvalue weighted by molar-refractivity contribution is 7.22. The molecule has 0 amide bonds. The number of nitrogens with zero attached hydrogens (tertiary/aromatic N) is 1. The lowest BCUT2D eigenvalue weighted by Crippen LogP contribution is -2.03. The number of fused-ring (bicyclic) bond motifs is 1. The van der Waals surface area contributed by atoms with Crippen molar-refractivity contribution in [2.24, 2.45) is 0 Å². The Labute approximate surface area is 88.7 Å². The number of nitrogens with one attached hydrogen (secondary N) is 1. The second-order valence-electron chi connectivity index (χ2n) is 3.47. The largest absolute Gasteiger partial charge is 0.312 e. The maximum atomic E-state index is 11.4. The fourth-order valence-electron chi connectivity index (χ4n) is 1.64. The van der Waals surface area contributed by atoms with Crippen LogP contribution in [-0.2, 0) is 0 Å². The minimum absolute atomic E-state index is 0.0891. The van der Waals surface area contributed by atoms with Crippen LogP contribution >= 0.6 is 22.9 Å². The van der Waals surface area contributed by atoms with Crippen LogP contribution in [0.25, 0.3) is 10.2 Å². The Kier molecular flexibility index (Phi) is 1.69. The Morgan fingerprint density at radius 2 is 2.36 bits per heavy atom. The van der Waals surface area contributed by atoms with Crippen LogP contribution in [0.3, 0.4) is 0 Å². The molecule has 0 aromatic carbocycles. The Balaban J connectivity index is 2.43. The van der Waals surface area contributed by atoms with Crippen molar-refractivity contribution >= 4 is 33.2 Å². The molecule has 1 saturated carbocycles. The summed E-state index contributed by atoms with van der Waals surface area (Å²) in [6.07, 6.45) is 3.78. The first kappa shape index (κ1) is 8.44. The minimum Gasteiger partial charge on any atom is -0.312 e. The quantitative estimate of drug-likeness (QED) is 0.812. The number of rotatable bonds is 1. The molecule has 2 aromatic heterocycles. The molecule has 3 nitrogen and oxygen atoms in total. The fourth-order valence-corrected chi connectivity index (χ4v) is 3.08. The zero-order valence-electron chi connectivity index (χ0n) is 7.21. The molecule has 5 heteroatoms. The summed E-state index contributed by atoms with van der Waals surface area (Å²) in [6, 6.07) is 0. The van der Waals surface area contributed by atoms with E-state index < -0.39 is 0 Å². The number of hydrogen-bond donors (Lipinski definition) is 1. The van der Waals surface area contributed by atoms with Crippen molar-refractivity contribution in [1.29, 1.82) is 0 Å². The predicted molar refractivity (Wildman–Crippen MR) is 57.2 cm³/mol. The topological polar surface area (TPSA) is 45.8 Å². The first-order valence-corrected chi connectivity index (χ1v) is 5.62. The van der Waals surface area contributed by atoms with E-state index >= 15 is 0 Å². The summed E-state index contributed by atoms with van der Waals surface area (Å²) in [6.45, 7) is 0. The third-order valence-electron chi connectivity index (χ3n) is 2.45. The van der Waals surface area contributed by atoms with Crippen LogP contribution in [0.5, 0.6) is 0 Å². The number of aromatic nitrogens is 2. The van der Waals surface area contributed by atoms with Gasteiger partial charge in [0.05, 0.1) is 16.2 Å². The molecule has 72 valence electrons. The van der Waals surface area contributed by atoms with Crippen LogP contribution in [0.2, 0.25) is 4.34 Å². The van der Waals surface area contributed by atoms with Gasteiger partial charge < -0.3 is 4.98 Å². The van der Waals surface area contributed by atoms with Gasteiger partial charge in [-0.3, -0.25) is 4.79 Å². The summed E-state index contributed by atoms with van der Waals surface area (Å²) >= 11 is 7.43. The molecule has 0 bridgehead atoms. The van der Waals surface area contributed by atoms with Crippen molar-refractivity contribution in [1.82, 2.24) is 9.97 Å². The summed E-state index contributed by atoms with van der Waals surface area (Å²) in [7, 11) is 0. The van der Waals surface area contributed by atoms with Gasteiger partial charge in [0.1, 0.15) is 4.70 Å². The Bertz CT molecular complexity index is 555. The van der Waals surface area contributed by atoms with Crippen LogP contribution in [0.4, 0.5) is 0 Å². The minimum atomic E-state index is -0.0891. The van der Waals surface area contributed by atoms with Crippen molar-refractivity contribution in [2.75, 3.05) is 0 Å². The molecular weight excluding hydrogens is 220 g/mol. The van der Waals surface area contributed by atoms with Crippen LogP contribution in [0.15, 0.2) is 11.1 Å². The van der Waals surface area contributed by atoms with Crippen molar-refractivity contribution in [3.8, 4) is 0 Å². The molecule has 1 aliphatic rings. The smallest absolute Gasteiger partial charge is 0.268 e. The van der Waals surface area contributed by atoms with Crippen molar-refractivity contribution in [3.05, 3.63) is 26.6 Å². The first-order chi connectivity index (χ1) is 6.77. The van der Waals surface area contributed by atoms with Crippen molar-refractivity contribution < 1.29 is 0 Å². The standard InChI is InChI=1S/C9H7ClN2OS/c10-8-5(4-1-2-4)6-7(14-8)9(13)12-3-11-6/h3-4H,1-2H2,(H,11,12,13). The molecule has 14 heavy (non-hydrogen) atoms. The molecule has 1 fully saturated rings. The van der Waals surface area contributed by atoms with Gasteiger partial charge >= 0.3 is 0 Å². The molecule has 0 aliphatic heterocycles. The van der Waals surface area contributed by atoms with Gasteiger partial charge in [0.2, 0.25) is 0 Å². The Morgan fingerprint density at radius 3 is 3.07 bits per heavy atom. The van der Waals surface area contributed by atoms with Crippen molar-refractivity contribution in [2.45, 2.75) is 18.8 Å². The van der Waals surface area contributed by atoms with E-state index in [0.717, 1.165) is 15.4 Å². The van der Waals surface area contributed by atoms with Gasteiger partial charge in [-0.25, -0.2) is 4.98 Å². The van der Waals surface area contributed by atoms with E-state index in [-0.39, 0.29) is 5.56 Å². The third kappa shape index (κ3) is 1.11. The zero-order valence-corrected chi connectivity index (χ0v) is 8.78. The predicted octanol–water partition coefficient (Wildman–Crippen LogP) is 2.52. The lowest BCUT2D eigenvalue weighted by molar-refractivity contribution is 1.12. The Morgan fingerprint density at radius 1 is 1.57 bits per heavy atom. The van der Waals surface area contributed by atoms with Gasteiger partial charge in [-0.2, -0.15) is 0 Å². The number of hydrogen-bond acceptors (Lipinski definition) is 3. The summed E-state index contributed by atoms with van der Waals surface area (Å²) in [5, 5.41) is 0. The number of thiophene rings is 1. The fraction of sp³-hybridized carbons (Fsp3) is 0.333. The molecule has 1 aliphatic carbocycles. The summed E-state index contributed by atoms with van der Waals surface area (Å²) in [5.74, 6) is 0.533. The van der Waals surface area contributed by atoms with E-state index in [1.807, 2.05) is 0 Å². The molecule has 0 saturated heterocycles. The van der Waals surface area contributed by atoms with E-state index in [1.54, 1.807) is 0 Å². The monoisotopic (exact) mass is 226 g/mol. The van der Waals surface area contributed by atoms with E-state index in [9.17, 15) is 4.79 Å². The highest BCUT2D eigenvalue weighted by atomic mass is 35.5. The Hall–Kier alpha value is -0.870. The zero-order chi connectivity index (χ0) is 9.71. The highest BCUT2D eigenvalue weighted by Gasteiger charge is 2.30. The van der Waals surface area contributed by atoms with E-state index in [2.05, 4.69) is 9.97 Å². The van der Waals surface area contributed by atoms with Gasteiger partial charge in [-0.15, -0.1) is 11.3 Å². The molecular formula is C9H7ClN2OS. The van der Waals surface area contributed by atoms with Crippen LogP contribution in [0, 0.1) is 0 Å². The van der Waals surface area contributed by atoms with Crippen LogP contribution < -0.4 is 5.56 Å². The van der Waals surface area contributed by atoms with E-state index in [0.29, 0.717) is 10.6 Å². The van der Waals surface area contributed by atoms with Gasteiger partial charge in [0, 0.05) is 5.56 Å². The third-order valence-corrected chi connectivity index (χ3v) is 3.87. The maximum Gasteiger partial charge on any atom is 0.268 e. The van der Waals surface area contributed by atoms with Gasteiger partial charge in [-0.1, -0.05) is 11.6 Å². The molecule has 0 atom stereocenters. The number of halogens is 1. The number of H-pyrrole nitrogens is 1. The average molecular weight is 227 g/mol. The molecule has 1 N–H and O–H groups in total. The lowest BCUT2D eigenvalue weighted by Gasteiger charge is -1.93. The molecule has 3 rings (SSSR count). The number of aromatic amines is 1. The SMILES string of the molecule is O=c1[nH]cnc2c(C3CC3)c(Cl)sc12. The van der Waals surface area contributed by atoms with Gasteiger partial charge in [0.25, 0.3) is 5.56 Å². The molecule has 0 radical (unpaired) electrons. The maximum absolute atomic E-state index is 11.4. The first-order valence-electron chi connectivity index (χ1n) is 4.43. The van der Waals surface area contributed by atoms with E-state index in [1.165, 1.54) is 30.5 Å². The van der Waals surface area contributed by atoms with Gasteiger partial charge in [0.15, 0.2) is 0 Å². The second-order valence-corrected chi connectivity index (χ2v) is 5.10. The highest BCUT2D eigenvalue weighted by Crippen LogP contribution is 2.48. The normalized spacial score (nSPS) is 16.4. The molecule has 2 aromatic rings. The molecule has 2 heterocycles. The summed E-state index contributed by atoms with van der Waals surface area (Å²) < 4.78 is 1.38. The lowest BCUT2D eigenvalue weighted by atomic mass is 10.2. The van der Waals surface area contributed by atoms with Crippen molar-refractivity contribution in [3.63, 3.8) is 0 Å². The second kappa shape index (κ2) is 2.81. The van der Waals surface area contributed by atoms with Crippen LogP contribution in [0.1, 0.15) is 24.3 Å². The summed E-state index contributed by atoms with van der Waals surface area (Å²) in [4.78, 5) is 18.2. The van der Waals surface area contributed by atoms with E-state index in [4.69, 9.17) is 11.6 Å². The molecule has 0 spiro atoms. The summed E-state index contributed by atoms with van der Waals surface area (Å²) in [5.41, 5.74) is 1.79.